The van der Waals surface area contributed by atoms with Crippen LogP contribution in [0.3, 0.4) is 0 Å². The quantitative estimate of drug-likeness (QED) is 0.0532. The summed E-state index contributed by atoms with van der Waals surface area (Å²) in [5.41, 5.74) is 1.84. The summed E-state index contributed by atoms with van der Waals surface area (Å²) in [6, 6.07) is 15.4. The summed E-state index contributed by atoms with van der Waals surface area (Å²) in [6.45, 7) is 3.52. The standard InChI is InChI=1S/C51H61FN8O10/c52-39-19-18-34(33-41-35-12-9-10-13-36(35)47(64)57-56-41)32-38(39)49(66)59-26-24-58(25-27-59)45(63)17-8-6-4-2-1-3-5-7-16-43(61)54-23-29-70-31-30-69-28-22-53-40-15-11-14-37-46(40)51(68)60(50(37)67)42-20-21-44(62)55-48(42)65/h9-15,18-19,32,42,53H,1-8,16-17,20-31,33H2,(H,54,61)(H,57,64)(H,55,62,65). The Bertz CT molecular complexity index is 2610. The number of carbonyl (C=O) groups excluding carboxylic acids is 7. The SMILES string of the molecule is O=C(CCCCCCCCCCC(=O)N1CCN(C(=O)c2cc(Cc3n[nH]c(=O)c4ccccc34)ccc2F)CC1)NCCOCCOCCNc1cccc2c1C(=O)N(C1CCC(=O)NC1=O)C2=O. The monoisotopic (exact) mass is 964 g/mol. The molecule has 18 nitrogen and oxygen atoms in total. The molecule has 3 aromatic carbocycles. The normalized spacial score (nSPS) is 15.9. The number of nitrogens with zero attached hydrogens (tertiary/aromatic N) is 4. The molecule has 0 bridgehead atoms. The summed E-state index contributed by atoms with van der Waals surface area (Å²) >= 11 is 0. The van der Waals surface area contributed by atoms with Crippen LogP contribution < -0.4 is 21.5 Å². The lowest BCUT2D eigenvalue weighted by Crippen LogP contribution is -2.54. The number of hydrogen-bond acceptors (Lipinski definition) is 12. The summed E-state index contributed by atoms with van der Waals surface area (Å²) < 4.78 is 26.1. The van der Waals surface area contributed by atoms with Gasteiger partial charge in [-0.1, -0.05) is 68.9 Å². The summed E-state index contributed by atoms with van der Waals surface area (Å²) in [5, 5.41) is 16.1. The lowest BCUT2D eigenvalue weighted by molar-refractivity contribution is -0.136. The summed E-state index contributed by atoms with van der Waals surface area (Å²) in [4.78, 5) is 105. The Hall–Kier alpha value is -6.86. The Labute approximate surface area is 405 Å². The van der Waals surface area contributed by atoms with Gasteiger partial charge in [-0.15, -0.1) is 0 Å². The minimum Gasteiger partial charge on any atom is -0.382 e. The van der Waals surface area contributed by atoms with E-state index < -0.39 is 41.4 Å². The van der Waals surface area contributed by atoms with Crippen molar-refractivity contribution in [2.45, 2.75) is 89.5 Å². The van der Waals surface area contributed by atoms with Crippen LogP contribution >= 0.6 is 0 Å². The minimum atomic E-state index is -1.03. The number of fused-ring (bicyclic) bond motifs is 2. The van der Waals surface area contributed by atoms with Crippen molar-refractivity contribution in [3.8, 4) is 0 Å². The molecule has 372 valence electrons. The van der Waals surface area contributed by atoms with Crippen LogP contribution in [0, 0.1) is 5.82 Å². The third-order valence-corrected chi connectivity index (χ3v) is 12.8. The maximum Gasteiger partial charge on any atom is 0.272 e. The largest absolute Gasteiger partial charge is 0.382 e. The zero-order valence-electron chi connectivity index (χ0n) is 39.4. The van der Waals surface area contributed by atoms with Gasteiger partial charge in [0.25, 0.3) is 23.3 Å². The fourth-order valence-electron chi connectivity index (χ4n) is 9.05. The zero-order chi connectivity index (χ0) is 49.4. The average Bonchev–Trinajstić information content (AvgIpc) is 3.62. The van der Waals surface area contributed by atoms with Crippen LogP contribution in [-0.2, 0) is 35.1 Å². The molecule has 0 aliphatic carbocycles. The molecule has 2 saturated heterocycles. The van der Waals surface area contributed by atoms with Crippen LogP contribution in [0.15, 0.2) is 65.5 Å². The zero-order valence-corrected chi connectivity index (χ0v) is 39.4. The molecule has 3 aliphatic rings. The highest BCUT2D eigenvalue weighted by Crippen LogP contribution is 2.32. The van der Waals surface area contributed by atoms with E-state index in [9.17, 15) is 42.7 Å². The maximum absolute atomic E-state index is 14.9. The number of piperazine rings is 1. The molecule has 1 aromatic heterocycles. The number of hydrogen-bond donors (Lipinski definition) is 4. The third kappa shape index (κ3) is 13.3. The van der Waals surface area contributed by atoms with E-state index in [1.807, 2.05) is 12.1 Å². The summed E-state index contributed by atoms with van der Waals surface area (Å²) in [5.74, 6) is -3.20. The van der Waals surface area contributed by atoms with E-state index in [1.54, 1.807) is 52.3 Å². The van der Waals surface area contributed by atoms with Crippen molar-refractivity contribution in [3.63, 3.8) is 0 Å². The topological polar surface area (TPSA) is 230 Å². The number of halogens is 1. The number of aromatic amines is 1. The molecule has 0 spiro atoms. The van der Waals surface area contributed by atoms with Crippen molar-refractivity contribution in [2.24, 2.45) is 0 Å². The number of imide groups is 2. The van der Waals surface area contributed by atoms with Gasteiger partial charge >= 0.3 is 0 Å². The molecule has 1 atom stereocenters. The van der Waals surface area contributed by atoms with Crippen molar-refractivity contribution in [1.29, 1.82) is 0 Å². The van der Waals surface area contributed by atoms with Gasteiger partial charge in [0.05, 0.1) is 54.2 Å². The van der Waals surface area contributed by atoms with Gasteiger partial charge in [-0.2, -0.15) is 5.10 Å². The molecular formula is C51H61FN8O10. The van der Waals surface area contributed by atoms with Crippen molar-refractivity contribution in [3.05, 3.63) is 105 Å². The van der Waals surface area contributed by atoms with E-state index in [0.717, 1.165) is 56.3 Å². The highest BCUT2D eigenvalue weighted by atomic mass is 19.1. The number of carbonyl (C=O) groups is 7. The molecule has 4 heterocycles. The number of piperidine rings is 1. The van der Waals surface area contributed by atoms with Gasteiger partial charge in [-0.25, -0.2) is 9.49 Å². The van der Waals surface area contributed by atoms with Gasteiger partial charge in [-0.05, 0) is 55.2 Å². The van der Waals surface area contributed by atoms with E-state index in [4.69, 9.17) is 9.47 Å². The molecule has 7 amide bonds. The first-order valence-corrected chi connectivity index (χ1v) is 24.3. The van der Waals surface area contributed by atoms with Crippen LogP contribution in [0.25, 0.3) is 10.8 Å². The third-order valence-electron chi connectivity index (χ3n) is 12.8. The summed E-state index contributed by atoms with van der Waals surface area (Å²) in [6.07, 6.45) is 9.10. The molecule has 3 aliphatic heterocycles. The Morgan fingerprint density at radius 2 is 1.40 bits per heavy atom. The lowest BCUT2D eigenvalue weighted by Gasteiger charge is -2.35. The predicted octanol–water partition coefficient (Wildman–Crippen LogP) is 4.50. The van der Waals surface area contributed by atoms with E-state index in [1.165, 1.54) is 6.07 Å². The van der Waals surface area contributed by atoms with Gasteiger partial charge in [0, 0.05) is 76.0 Å². The number of H-pyrrole nitrogens is 1. The number of ether oxygens (including phenoxy) is 2. The number of unbranched alkanes of at least 4 members (excludes halogenated alkanes) is 7. The van der Waals surface area contributed by atoms with Crippen LogP contribution in [0.5, 0.6) is 0 Å². The van der Waals surface area contributed by atoms with Crippen LogP contribution in [0.1, 0.15) is 119 Å². The highest BCUT2D eigenvalue weighted by Gasteiger charge is 2.45. The molecule has 4 aromatic rings. The predicted molar refractivity (Wildman–Crippen MR) is 256 cm³/mol. The van der Waals surface area contributed by atoms with Crippen LogP contribution in [-0.4, -0.2) is 138 Å². The Balaban J connectivity index is 0.657. The smallest absolute Gasteiger partial charge is 0.272 e. The van der Waals surface area contributed by atoms with Crippen molar-refractivity contribution < 1.29 is 47.4 Å². The molecule has 0 saturated carbocycles. The van der Waals surface area contributed by atoms with Crippen molar-refractivity contribution in [1.82, 2.24) is 35.5 Å². The van der Waals surface area contributed by atoms with E-state index >= 15 is 0 Å². The molecule has 19 heteroatoms. The van der Waals surface area contributed by atoms with E-state index in [-0.39, 0.29) is 46.9 Å². The molecule has 1 unspecified atom stereocenters. The Morgan fingerprint density at radius 1 is 0.729 bits per heavy atom. The molecular weight excluding hydrogens is 904 g/mol. The maximum atomic E-state index is 14.9. The molecule has 7 rings (SSSR count). The number of rotatable bonds is 25. The highest BCUT2D eigenvalue weighted by molar-refractivity contribution is 6.25. The minimum absolute atomic E-state index is 0.0114. The molecule has 70 heavy (non-hydrogen) atoms. The van der Waals surface area contributed by atoms with E-state index in [0.29, 0.717) is 113 Å². The first kappa shape index (κ1) is 51.0. The van der Waals surface area contributed by atoms with E-state index in [2.05, 4.69) is 26.1 Å². The number of anilines is 1. The first-order chi connectivity index (χ1) is 34.0. The lowest BCUT2D eigenvalue weighted by atomic mass is 10.0. The first-order valence-electron chi connectivity index (χ1n) is 24.3. The average molecular weight is 965 g/mol. The molecule has 0 radical (unpaired) electrons. The number of amides is 7. The van der Waals surface area contributed by atoms with Crippen molar-refractivity contribution >= 4 is 57.8 Å². The number of nitrogens with one attached hydrogen (secondary N) is 4. The summed E-state index contributed by atoms with van der Waals surface area (Å²) in [7, 11) is 0. The fraction of sp³-hybridized carbons (Fsp3) is 0.471. The van der Waals surface area contributed by atoms with Gasteiger partial charge in [0.1, 0.15) is 11.9 Å². The van der Waals surface area contributed by atoms with Crippen molar-refractivity contribution in [2.75, 3.05) is 71.0 Å². The van der Waals surface area contributed by atoms with Gasteiger partial charge in [0.15, 0.2) is 0 Å². The molecule has 4 N–H and O–H groups in total. The second kappa shape index (κ2) is 25.1. The van der Waals surface area contributed by atoms with Gasteiger partial charge in [-0.3, -0.25) is 48.6 Å². The van der Waals surface area contributed by atoms with Crippen LogP contribution in [0.2, 0.25) is 0 Å². The van der Waals surface area contributed by atoms with Crippen LogP contribution in [0.4, 0.5) is 10.1 Å². The molecule has 2 fully saturated rings. The fourth-order valence-corrected chi connectivity index (χ4v) is 9.05. The second-order valence-electron chi connectivity index (χ2n) is 17.7. The van der Waals surface area contributed by atoms with Gasteiger partial charge < -0.3 is 29.9 Å². The van der Waals surface area contributed by atoms with Gasteiger partial charge in [0.2, 0.25) is 23.6 Å². The Morgan fingerprint density at radius 3 is 2.13 bits per heavy atom. The number of benzene rings is 3. The Kier molecular flexibility index (Phi) is 18.3. The number of aromatic nitrogens is 2. The second-order valence-corrected chi connectivity index (χ2v) is 17.7.